The molecule has 0 amide bonds. The van der Waals surface area contributed by atoms with E-state index in [1.807, 2.05) is 48.0 Å². The molecule has 0 aliphatic carbocycles. The summed E-state index contributed by atoms with van der Waals surface area (Å²) in [5.41, 5.74) is 5.20. The first-order chi connectivity index (χ1) is 14.3. The number of anilines is 2. The summed E-state index contributed by atoms with van der Waals surface area (Å²) in [4.78, 5) is 7.88. The molecule has 0 aliphatic heterocycles. The molecule has 0 bridgehead atoms. The molecule has 0 spiro atoms. The minimum Gasteiger partial charge on any atom is -0.411 e. The molecule has 0 unspecified atom stereocenters. The molecule has 0 saturated heterocycles. The molecule has 0 saturated carbocycles. The summed E-state index contributed by atoms with van der Waals surface area (Å²) in [5, 5.41) is 16.3. The van der Waals surface area contributed by atoms with E-state index in [0.29, 0.717) is 16.9 Å². The number of fused-ring (bicyclic) bond motifs is 1. The van der Waals surface area contributed by atoms with Crippen LogP contribution in [0.4, 0.5) is 10.8 Å². The van der Waals surface area contributed by atoms with Gasteiger partial charge < -0.3 is 14.7 Å². The van der Waals surface area contributed by atoms with Crippen LogP contribution in [0.3, 0.4) is 0 Å². The molecular weight excluding hydrogens is 402 g/mol. The fourth-order valence-corrected chi connectivity index (χ4v) is 4.50. The average Bonchev–Trinajstić information content (AvgIpc) is 3.47. The first kappa shape index (κ1) is 18.0. The lowest BCUT2D eigenvalue weighted by atomic mass is 10.2. The number of H-pyrrole nitrogens is 1. The van der Waals surface area contributed by atoms with Crippen LogP contribution in [0.2, 0.25) is 0 Å². The molecule has 2 N–H and O–H groups in total. The Morgan fingerprint density at radius 2 is 1.97 bits per heavy atom. The number of thiazole rings is 1. The first-order valence-corrected chi connectivity index (χ1v) is 10.9. The van der Waals surface area contributed by atoms with Crippen molar-refractivity contribution >= 4 is 44.8 Å². The van der Waals surface area contributed by atoms with Gasteiger partial charge in [-0.3, -0.25) is 0 Å². The molecular formula is C21H17N5OS2. The molecule has 29 heavy (non-hydrogen) atoms. The molecule has 144 valence electrons. The lowest BCUT2D eigenvalue weighted by Gasteiger charge is -2.05. The van der Waals surface area contributed by atoms with Crippen LogP contribution in [0.5, 0.6) is 0 Å². The van der Waals surface area contributed by atoms with Crippen LogP contribution in [0, 0.1) is 6.92 Å². The van der Waals surface area contributed by atoms with E-state index in [4.69, 9.17) is 4.42 Å². The summed E-state index contributed by atoms with van der Waals surface area (Å²) in [6, 6.07) is 16.2. The number of hydrogen-bond donors (Lipinski definition) is 2. The summed E-state index contributed by atoms with van der Waals surface area (Å²) < 4.78 is 5.86. The van der Waals surface area contributed by atoms with E-state index in [1.165, 1.54) is 17.3 Å². The van der Waals surface area contributed by atoms with Crippen LogP contribution in [0.25, 0.3) is 22.4 Å². The Morgan fingerprint density at radius 3 is 2.90 bits per heavy atom. The largest absolute Gasteiger partial charge is 0.411 e. The standard InChI is InChI=1S/C21H17N5OS2/c1-13-6-2-4-8-17(13)24-20-23-14(11-28-20)12-29-21-26-25-19(27-21)16-10-22-18-9-5-3-7-15(16)18/h2-11,22H,12H2,1H3,(H,23,24). The number of aromatic nitrogens is 4. The van der Waals surface area contributed by atoms with E-state index < -0.39 is 0 Å². The molecule has 0 aliphatic rings. The van der Waals surface area contributed by atoms with Crippen LogP contribution < -0.4 is 5.32 Å². The summed E-state index contributed by atoms with van der Waals surface area (Å²) in [6.07, 6.45) is 1.90. The van der Waals surface area contributed by atoms with Crippen LogP contribution in [-0.2, 0) is 5.75 Å². The summed E-state index contributed by atoms with van der Waals surface area (Å²) in [5.74, 6) is 1.19. The zero-order valence-corrected chi connectivity index (χ0v) is 17.2. The Bertz CT molecular complexity index is 1270. The lowest BCUT2D eigenvalue weighted by molar-refractivity contribution is 0.466. The zero-order valence-electron chi connectivity index (χ0n) is 15.5. The van der Waals surface area contributed by atoms with Crippen molar-refractivity contribution in [3.8, 4) is 11.5 Å². The fraction of sp³-hybridized carbons (Fsp3) is 0.0952. The fourth-order valence-electron chi connectivity index (χ4n) is 3.02. The molecule has 3 aromatic heterocycles. The summed E-state index contributed by atoms with van der Waals surface area (Å²) in [6.45, 7) is 2.08. The Labute approximate surface area is 175 Å². The van der Waals surface area contributed by atoms with Crippen LogP contribution >= 0.6 is 23.1 Å². The van der Waals surface area contributed by atoms with Gasteiger partial charge in [0.2, 0.25) is 0 Å². The van der Waals surface area contributed by atoms with Crippen molar-refractivity contribution in [2.45, 2.75) is 17.9 Å². The van der Waals surface area contributed by atoms with Crippen LogP contribution in [0.15, 0.2) is 69.7 Å². The van der Waals surface area contributed by atoms with Crippen molar-refractivity contribution in [2.24, 2.45) is 0 Å². The second-order valence-electron chi connectivity index (χ2n) is 6.49. The number of aromatic amines is 1. The first-order valence-electron chi connectivity index (χ1n) is 9.06. The number of nitrogens with one attached hydrogen (secondary N) is 2. The van der Waals surface area contributed by atoms with Crippen molar-refractivity contribution in [2.75, 3.05) is 5.32 Å². The van der Waals surface area contributed by atoms with E-state index >= 15 is 0 Å². The third-order valence-corrected chi connectivity index (χ3v) is 6.17. The van der Waals surface area contributed by atoms with Gasteiger partial charge in [0.15, 0.2) is 5.13 Å². The minimum atomic E-state index is 0.519. The third-order valence-electron chi connectivity index (χ3n) is 4.51. The van der Waals surface area contributed by atoms with Crippen molar-refractivity contribution in [1.29, 1.82) is 0 Å². The van der Waals surface area contributed by atoms with Gasteiger partial charge in [-0.1, -0.05) is 48.2 Å². The maximum Gasteiger partial charge on any atom is 0.277 e. The van der Waals surface area contributed by atoms with Crippen LogP contribution in [-0.4, -0.2) is 20.2 Å². The highest BCUT2D eigenvalue weighted by atomic mass is 32.2. The normalized spacial score (nSPS) is 11.2. The van der Waals surface area contributed by atoms with E-state index in [1.54, 1.807) is 11.3 Å². The van der Waals surface area contributed by atoms with Gasteiger partial charge >= 0.3 is 0 Å². The smallest absolute Gasteiger partial charge is 0.277 e. The van der Waals surface area contributed by atoms with Gasteiger partial charge in [0.05, 0.1) is 11.3 Å². The second kappa shape index (κ2) is 7.73. The molecule has 0 atom stereocenters. The van der Waals surface area contributed by atoms with Crippen molar-refractivity contribution in [1.82, 2.24) is 20.2 Å². The quantitative estimate of drug-likeness (QED) is 0.328. The van der Waals surface area contributed by atoms with E-state index in [0.717, 1.165) is 33.0 Å². The highest BCUT2D eigenvalue weighted by molar-refractivity contribution is 7.98. The number of nitrogens with zero attached hydrogens (tertiary/aromatic N) is 3. The highest BCUT2D eigenvalue weighted by Crippen LogP contribution is 2.31. The maximum absolute atomic E-state index is 5.86. The predicted molar refractivity (Wildman–Crippen MR) is 118 cm³/mol. The molecule has 5 aromatic rings. The maximum atomic E-state index is 5.86. The molecule has 8 heteroatoms. The van der Waals surface area contributed by atoms with E-state index in [-0.39, 0.29) is 0 Å². The Hall–Kier alpha value is -3.10. The minimum absolute atomic E-state index is 0.519. The molecule has 0 fully saturated rings. The van der Waals surface area contributed by atoms with Gasteiger partial charge in [0, 0.05) is 33.9 Å². The van der Waals surface area contributed by atoms with Gasteiger partial charge in [-0.2, -0.15) is 0 Å². The summed E-state index contributed by atoms with van der Waals surface area (Å²) in [7, 11) is 0. The van der Waals surface area contributed by atoms with Crippen molar-refractivity contribution in [3.05, 3.63) is 71.4 Å². The molecule has 5 rings (SSSR count). The SMILES string of the molecule is Cc1ccccc1Nc1nc(CSc2nnc(-c3c[nH]c4ccccc34)o2)cs1. The Morgan fingerprint density at radius 1 is 1.10 bits per heavy atom. The van der Waals surface area contributed by atoms with Crippen molar-refractivity contribution < 1.29 is 4.42 Å². The van der Waals surface area contributed by atoms with Crippen LogP contribution in [0.1, 0.15) is 11.3 Å². The predicted octanol–water partition coefficient (Wildman–Crippen LogP) is 6.02. The highest BCUT2D eigenvalue weighted by Gasteiger charge is 2.14. The van der Waals surface area contributed by atoms with Gasteiger partial charge in [-0.05, 0) is 24.6 Å². The number of rotatable bonds is 6. The topological polar surface area (TPSA) is 79.6 Å². The summed E-state index contributed by atoms with van der Waals surface area (Å²) >= 11 is 3.07. The Balaban J connectivity index is 1.26. The van der Waals surface area contributed by atoms with Gasteiger partial charge in [-0.15, -0.1) is 21.5 Å². The van der Waals surface area contributed by atoms with Crippen molar-refractivity contribution in [3.63, 3.8) is 0 Å². The average molecular weight is 420 g/mol. The lowest BCUT2D eigenvalue weighted by Crippen LogP contribution is -1.92. The van der Waals surface area contributed by atoms with Gasteiger partial charge in [0.25, 0.3) is 11.1 Å². The number of para-hydroxylation sites is 2. The number of hydrogen-bond acceptors (Lipinski definition) is 7. The number of benzene rings is 2. The van der Waals surface area contributed by atoms with Gasteiger partial charge in [0.1, 0.15) is 0 Å². The number of thioether (sulfide) groups is 1. The Kier molecular flexibility index (Phi) is 4.79. The monoisotopic (exact) mass is 419 g/mol. The number of aryl methyl sites for hydroxylation is 1. The van der Waals surface area contributed by atoms with Gasteiger partial charge in [-0.25, -0.2) is 4.98 Å². The zero-order chi connectivity index (χ0) is 19.6. The molecule has 2 aromatic carbocycles. The molecule has 6 nitrogen and oxygen atoms in total. The second-order valence-corrected chi connectivity index (χ2v) is 8.28. The molecule has 3 heterocycles. The van der Waals surface area contributed by atoms with E-state index in [9.17, 15) is 0 Å². The third kappa shape index (κ3) is 3.76. The molecule has 0 radical (unpaired) electrons. The van der Waals surface area contributed by atoms with E-state index in [2.05, 4.69) is 44.5 Å².